The Bertz CT molecular complexity index is 1330. The minimum atomic E-state index is -1.42. The van der Waals surface area contributed by atoms with Crippen LogP contribution >= 0.6 is 0 Å². The lowest BCUT2D eigenvalue weighted by molar-refractivity contribution is -0.157. The van der Waals surface area contributed by atoms with Crippen molar-refractivity contribution < 1.29 is 33.8 Å². The number of esters is 2. The molecular weight excluding hydrogens is 538 g/mol. The second-order valence-corrected chi connectivity index (χ2v) is 10.1. The second-order valence-electron chi connectivity index (χ2n) is 10.1. The smallest absolute Gasteiger partial charge is 0.415 e. The van der Waals surface area contributed by atoms with E-state index in [2.05, 4.69) is 31.2 Å². The Morgan fingerprint density at radius 1 is 1.17 bits per heavy atom. The molecule has 0 radical (unpaired) electrons. The number of hydrogen-bond donors (Lipinski definition) is 6. The molecule has 0 fully saturated rings. The SMILES string of the molecule is CC(C)(C)OC(=O)[C@H](CNC(=O)Cn1c(O)c(CCCNC2=NCCN2)[nH]c1=O)NC(=O)OC(=O)c1ccccc1. The van der Waals surface area contributed by atoms with E-state index in [9.17, 15) is 29.1 Å². The molecule has 222 valence electrons. The third kappa shape index (κ3) is 9.70. The zero-order valence-electron chi connectivity index (χ0n) is 23.1. The molecule has 0 aliphatic carbocycles. The van der Waals surface area contributed by atoms with Crippen LogP contribution in [0.25, 0.3) is 0 Å². The van der Waals surface area contributed by atoms with Gasteiger partial charge in [0.25, 0.3) is 0 Å². The van der Waals surface area contributed by atoms with Gasteiger partial charge in [-0.1, -0.05) is 18.2 Å². The molecule has 2 aromatic rings. The number of aromatic amines is 1. The van der Waals surface area contributed by atoms with Gasteiger partial charge in [0, 0.05) is 19.6 Å². The van der Waals surface area contributed by atoms with Crippen molar-refractivity contribution in [3.05, 3.63) is 52.1 Å². The summed E-state index contributed by atoms with van der Waals surface area (Å²) >= 11 is 0. The van der Waals surface area contributed by atoms with Crippen LogP contribution in [0.15, 0.2) is 40.1 Å². The summed E-state index contributed by atoms with van der Waals surface area (Å²) in [6.45, 7) is 5.88. The minimum absolute atomic E-state index is 0.123. The van der Waals surface area contributed by atoms with E-state index in [1.54, 1.807) is 39.0 Å². The van der Waals surface area contributed by atoms with E-state index in [0.29, 0.717) is 31.9 Å². The summed E-state index contributed by atoms with van der Waals surface area (Å²) in [4.78, 5) is 68.9. The fourth-order valence-corrected chi connectivity index (χ4v) is 3.69. The number of nitrogens with one attached hydrogen (secondary N) is 5. The molecule has 15 nitrogen and oxygen atoms in total. The van der Waals surface area contributed by atoms with Crippen LogP contribution in [0.5, 0.6) is 5.88 Å². The third-order valence-electron chi connectivity index (χ3n) is 5.58. The summed E-state index contributed by atoms with van der Waals surface area (Å²) < 4.78 is 10.9. The Morgan fingerprint density at radius 2 is 1.90 bits per heavy atom. The lowest BCUT2D eigenvalue weighted by Crippen LogP contribution is -2.51. The van der Waals surface area contributed by atoms with Crippen LogP contribution in [0, 0.1) is 0 Å². The van der Waals surface area contributed by atoms with E-state index in [4.69, 9.17) is 9.47 Å². The zero-order valence-corrected chi connectivity index (χ0v) is 23.1. The number of alkyl carbamates (subject to hydrolysis) is 1. The molecule has 15 heteroatoms. The topological polar surface area (TPSA) is 205 Å². The average molecular weight is 574 g/mol. The second kappa shape index (κ2) is 14.0. The molecule has 1 atom stereocenters. The molecule has 0 spiro atoms. The van der Waals surface area contributed by atoms with Crippen molar-refractivity contribution in [2.24, 2.45) is 4.99 Å². The number of imidazole rings is 1. The van der Waals surface area contributed by atoms with Crippen molar-refractivity contribution in [2.75, 3.05) is 26.2 Å². The van der Waals surface area contributed by atoms with E-state index in [1.165, 1.54) is 12.1 Å². The molecule has 0 bridgehead atoms. The number of aromatic nitrogens is 2. The lowest BCUT2D eigenvalue weighted by Gasteiger charge is -2.24. The maximum absolute atomic E-state index is 12.7. The summed E-state index contributed by atoms with van der Waals surface area (Å²) in [5, 5.41) is 21.3. The number of nitrogens with zero attached hydrogens (tertiary/aromatic N) is 2. The maximum atomic E-state index is 12.7. The largest absolute Gasteiger partial charge is 0.493 e. The molecule has 2 amide bonds. The number of rotatable bonds is 11. The van der Waals surface area contributed by atoms with Gasteiger partial charge in [-0.05, 0) is 45.7 Å². The minimum Gasteiger partial charge on any atom is -0.493 e. The average Bonchev–Trinajstić information content (AvgIpc) is 3.52. The highest BCUT2D eigenvalue weighted by atomic mass is 16.6. The van der Waals surface area contributed by atoms with Crippen LogP contribution in [0.1, 0.15) is 43.2 Å². The highest BCUT2D eigenvalue weighted by molar-refractivity contribution is 5.97. The van der Waals surface area contributed by atoms with Gasteiger partial charge >= 0.3 is 23.7 Å². The van der Waals surface area contributed by atoms with E-state index >= 15 is 0 Å². The van der Waals surface area contributed by atoms with Gasteiger partial charge in [-0.15, -0.1) is 0 Å². The summed E-state index contributed by atoms with van der Waals surface area (Å²) in [7, 11) is 0. The summed E-state index contributed by atoms with van der Waals surface area (Å²) in [6, 6.07) is 6.34. The van der Waals surface area contributed by atoms with Crippen molar-refractivity contribution in [1.29, 1.82) is 0 Å². The van der Waals surface area contributed by atoms with E-state index < -0.39 is 54.4 Å². The summed E-state index contributed by atoms with van der Waals surface area (Å²) in [5.41, 5.74) is -1.21. The van der Waals surface area contributed by atoms with Gasteiger partial charge in [0.1, 0.15) is 18.2 Å². The van der Waals surface area contributed by atoms with E-state index in [1.807, 2.05) is 0 Å². The number of hydrogen-bond acceptors (Lipinski definition) is 11. The molecule has 2 heterocycles. The predicted molar refractivity (Wildman–Crippen MR) is 146 cm³/mol. The van der Waals surface area contributed by atoms with Gasteiger partial charge < -0.3 is 40.8 Å². The molecule has 1 aliphatic heterocycles. The number of H-pyrrole nitrogens is 1. The van der Waals surface area contributed by atoms with Crippen molar-refractivity contribution >= 4 is 29.9 Å². The van der Waals surface area contributed by atoms with Crippen LogP contribution < -0.4 is 27.0 Å². The van der Waals surface area contributed by atoms with Crippen LogP contribution in [0.2, 0.25) is 0 Å². The number of benzene rings is 1. The number of aliphatic imine (C=N–C) groups is 1. The Kier molecular flexibility index (Phi) is 10.5. The van der Waals surface area contributed by atoms with Gasteiger partial charge in [-0.25, -0.2) is 19.2 Å². The standard InChI is InChI=1S/C26H35N7O8/c1-26(2,3)41-22(37)18(32-25(39)40-21(36)16-8-5-4-6-9-16)14-30-19(34)15-33-20(35)17(31-24(33)38)10-7-11-27-23-28-12-13-29-23/h4-6,8-9,18,35H,7,10-15H2,1-3H3,(H,30,34)(H,31,38)(H,32,39)(H2,27,28,29)/t18-/m0/s1. The Labute approximate surface area is 235 Å². The fourth-order valence-electron chi connectivity index (χ4n) is 3.69. The molecular formula is C26H35N7O8. The van der Waals surface area contributed by atoms with Crippen LogP contribution in [-0.4, -0.2) is 82.4 Å². The highest BCUT2D eigenvalue weighted by Gasteiger charge is 2.29. The third-order valence-corrected chi connectivity index (χ3v) is 5.58. The molecule has 1 aromatic heterocycles. The van der Waals surface area contributed by atoms with Crippen LogP contribution in [0.4, 0.5) is 4.79 Å². The number of carbonyl (C=O) groups is 4. The molecule has 0 saturated heterocycles. The van der Waals surface area contributed by atoms with E-state index in [-0.39, 0.29) is 17.1 Å². The Balaban J connectivity index is 1.56. The summed E-state index contributed by atoms with van der Waals surface area (Å²) in [6.07, 6.45) is -0.310. The lowest BCUT2D eigenvalue weighted by atomic mass is 10.2. The number of amides is 2. The van der Waals surface area contributed by atoms with Crippen molar-refractivity contribution in [2.45, 2.75) is 51.8 Å². The first kappa shape index (κ1) is 30.7. The maximum Gasteiger partial charge on any atom is 0.415 e. The molecule has 41 heavy (non-hydrogen) atoms. The number of carbonyl (C=O) groups excluding carboxylic acids is 4. The Morgan fingerprint density at radius 3 is 2.56 bits per heavy atom. The first-order chi connectivity index (χ1) is 19.4. The van der Waals surface area contributed by atoms with Gasteiger partial charge in [0.15, 0.2) is 5.96 Å². The molecule has 1 aliphatic rings. The quantitative estimate of drug-likeness (QED) is 0.118. The van der Waals surface area contributed by atoms with Crippen molar-refractivity contribution in [1.82, 2.24) is 30.8 Å². The highest BCUT2D eigenvalue weighted by Crippen LogP contribution is 2.14. The molecule has 1 aromatic carbocycles. The monoisotopic (exact) mass is 573 g/mol. The van der Waals surface area contributed by atoms with Gasteiger partial charge in [0.2, 0.25) is 11.8 Å². The number of aromatic hydroxyl groups is 1. The first-order valence-electron chi connectivity index (χ1n) is 13.0. The summed E-state index contributed by atoms with van der Waals surface area (Å²) in [5.74, 6) is -2.24. The van der Waals surface area contributed by atoms with E-state index in [0.717, 1.165) is 11.1 Å². The van der Waals surface area contributed by atoms with Gasteiger partial charge in [-0.2, -0.15) is 0 Å². The van der Waals surface area contributed by atoms with Crippen LogP contribution in [-0.2, 0) is 32.0 Å². The number of guanidine groups is 1. The zero-order chi connectivity index (χ0) is 30.0. The number of ether oxygens (including phenoxy) is 2. The molecule has 0 unspecified atom stereocenters. The predicted octanol–water partition coefficient (Wildman–Crippen LogP) is -0.243. The van der Waals surface area contributed by atoms with Gasteiger partial charge in [-0.3, -0.25) is 14.4 Å². The normalized spacial score (nSPS) is 13.4. The van der Waals surface area contributed by atoms with Crippen molar-refractivity contribution in [3.8, 4) is 5.88 Å². The van der Waals surface area contributed by atoms with Crippen LogP contribution in [0.3, 0.4) is 0 Å². The number of aryl methyl sites for hydroxylation is 1. The molecule has 0 saturated carbocycles. The van der Waals surface area contributed by atoms with Crippen molar-refractivity contribution in [3.63, 3.8) is 0 Å². The first-order valence-corrected chi connectivity index (χ1v) is 13.0. The van der Waals surface area contributed by atoms with Gasteiger partial charge in [0.05, 0.1) is 17.8 Å². The molecule has 6 N–H and O–H groups in total. The Hall–Kier alpha value is -4.82. The fraction of sp³-hybridized carbons (Fsp3) is 0.462. The molecule has 3 rings (SSSR count).